The maximum absolute atomic E-state index is 11.4. The van der Waals surface area contributed by atoms with Crippen LogP contribution in [0.25, 0.3) is 0 Å². The van der Waals surface area contributed by atoms with Crippen LogP contribution in [0.5, 0.6) is 0 Å². The Morgan fingerprint density at radius 3 is 0.879 bits per heavy atom. The van der Waals surface area contributed by atoms with Crippen molar-refractivity contribution in [3.63, 3.8) is 0 Å². The summed E-state index contributed by atoms with van der Waals surface area (Å²) in [5, 5.41) is 0. The van der Waals surface area contributed by atoms with Crippen molar-refractivity contribution in [2.24, 2.45) is 41.4 Å². The number of hydrogen-bond acceptors (Lipinski definition) is 12. The van der Waals surface area contributed by atoms with Crippen molar-refractivity contribution in [1.82, 2.24) is 0 Å². The third-order valence-corrected chi connectivity index (χ3v) is 14.4. The van der Waals surface area contributed by atoms with Crippen molar-refractivity contribution in [3.05, 3.63) is 81.5 Å². The van der Waals surface area contributed by atoms with Gasteiger partial charge in [0.25, 0.3) is 6.47 Å². The fourth-order valence-corrected chi connectivity index (χ4v) is 7.76. The monoisotopic (exact) mass is 1290 g/mol. The van der Waals surface area contributed by atoms with Gasteiger partial charge in [-0.05, 0) is 254 Å². The van der Waals surface area contributed by atoms with Crippen molar-refractivity contribution in [2.45, 2.75) is 308 Å². The van der Waals surface area contributed by atoms with E-state index in [1.54, 1.807) is 13.0 Å². The van der Waals surface area contributed by atoms with Crippen LogP contribution in [0.15, 0.2) is 81.5 Å². The highest BCUT2D eigenvalue weighted by molar-refractivity contribution is 5.87. The second-order valence-corrected chi connectivity index (χ2v) is 26.8. The molecule has 0 radical (unpaired) electrons. The highest BCUT2D eigenvalue weighted by atomic mass is 16.5. The molecule has 0 aromatic rings. The molecule has 0 aliphatic heterocycles. The van der Waals surface area contributed by atoms with E-state index in [0.29, 0.717) is 100 Å². The van der Waals surface area contributed by atoms with Crippen LogP contribution in [0.3, 0.4) is 0 Å². The lowest BCUT2D eigenvalue weighted by molar-refractivity contribution is -0.148. The minimum Gasteiger partial charge on any atom is -0.468 e. The van der Waals surface area contributed by atoms with Gasteiger partial charge in [-0.25, -0.2) is 4.79 Å². The molecule has 0 aromatic carbocycles. The minimum absolute atomic E-state index is 0.0130. The number of rotatable bonds is 42. The van der Waals surface area contributed by atoms with E-state index in [2.05, 4.69) is 166 Å². The average molecular weight is 1290 g/mol. The first kappa shape index (κ1) is 97.1. The van der Waals surface area contributed by atoms with Crippen molar-refractivity contribution < 1.29 is 57.2 Å². The third kappa shape index (κ3) is 89.2. The molecule has 0 amide bonds. The molecule has 0 aliphatic carbocycles. The van der Waals surface area contributed by atoms with Crippen molar-refractivity contribution >= 4 is 36.3 Å². The summed E-state index contributed by atoms with van der Waals surface area (Å²) in [6, 6.07) is 0. The Hall–Kier alpha value is -5.00. The number of allylic oxidation sites excluding steroid dienone is 13. The molecule has 91 heavy (non-hydrogen) atoms. The number of carbonyl (C=O) groups is 6. The molecule has 0 bridgehead atoms. The number of ether oxygens (including phenoxy) is 6. The molecule has 12 heteroatoms. The molecule has 0 fully saturated rings. The van der Waals surface area contributed by atoms with Crippen LogP contribution in [-0.4, -0.2) is 76.0 Å². The van der Waals surface area contributed by atoms with E-state index in [1.807, 2.05) is 34.6 Å². The van der Waals surface area contributed by atoms with Gasteiger partial charge >= 0.3 is 29.8 Å². The molecule has 0 heterocycles. The Balaban J connectivity index is -0.000000239. The average Bonchev–Trinajstić information content (AvgIpc) is 3.62. The molecular weight excluding hydrogens is 1140 g/mol. The Morgan fingerprint density at radius 2 is 0.626 bits per heavy atom. The summed E-state index contributed by atoms with van der Waals surface area (Å²) in [7, 11) is 0. The Labute approximate surface area is 561 Å². The number of esters is 5. The van der Waals surface area contributed by atoms with Gasteiger partial charge in [0.15, 0.2) is 0 Å². The molecule has 0 aliphatic rings. The Bertz CT molecular complexity index is 2010. The van der Waals surface area contributed by atoms with Crippen molar-refractivity contribution in [2.75, 3.05) is 39.6 Å². The predicted octanol–water partition coefficient (Wildman–Crippen LogP) is 22.3. The largest absolute Gasteiger partial charge is 0.468 e. The van der Waals surface area contributed by atoms with E-state index < -0.39 is 0 Å². The van der Waals surface area contributed by atoms with E-state index in [9.17, 15) is 28.8 Å². The predicted molar refractivity (Wildman–Crippen MR) is 387 cm³/mol. The highest BCUT2D eigenvalue weighted by Crippen LogP contribution is 2.17. The van der Waals surface area contributed by atoms with Gasteiger partial charge < -0.3 is 28.4 Å². The summed E-state index contributed by atoms with van der Waals surface area (Å²) >= 11 is 0. The summed E-state index contributed by atoms with van der Waals surface area (Å²) in [4.78, 5) is 64.9. The summed E-state index contributed by atoms with van der Waals surface area (Å²) in [5.74, 6) is 3.13. The Morgan fingerprint density at radius 1 is 0.352 bits per heavy atom. The van der Waals surface area contributed by atoms with Gasteiger partial charge in [-0.3, -0.25) is 24.0 Å². The summed E-state index contributed by atoms with van der Waals surface area (Å²) in [6.07, 6.45) is 36.8. The molecule has 0 aromatic heterocycles. The fourth-order valence-electron chi connectivity index (χ4n) is 7.76. The van der Waals surface area contributed by atoms with Gasteiger partial charge in [-0.2, -0.15) is 0 Å². The van der Waals surface area contributed by atoms with Gasteiger partial charge in [-0.15, -0.1) is 0 Å². The topological polar surface area (TPSA) is 158 Å². The zero-order valence-electron chi connectivity index (χ0n) is 63.7. The van der Waals surface area contributed by atoms with Crippen LogP contribution in [0, 0.1) is 41.4 Å². The molecule has 12 nitrogen and oxygen atoms in total. The van der Waals surface area contributed by atoms with E-state index in [-0.39, 0.29) is 35.8 Å². The molecule has 0 rings (SSSR count). The first-order valence-electron chi connectivity index (χ1n) is 35.0. The smallest absolute Gasteiger partial charge is 0.333 e. The lowest BCUT2D eigenvalue weighted by atomic mass is 10.0. The van der Waals surface area contributed by atoms with E-state index >= 15 is 0 Å². The minimum atomic E-state index is -0.191. The fraction of sp³-hybridized carbons (Fsp3) is 0.747. The van der Waals surface area contributed by atoms with Gasteiger partial charge in [0, 0.05) is 25.3 Å². The standard InChI is InChI=1S/C15H26O2.2C14H26O2.C13H24O2.C12H22O2.C11H20O2/c1-6-14(5)15(16)17-11-10-13(4)9-7-8-12(2)3;1-11(2)7-6-8-13(5)9-10-16-14(15)12(3)4;1-5-7-14(15)16-11-10-13(4)9-6-8-12(2)3;1-5-13(14)15-10-9-12(4)8-6-7-11(2)3;1-10(2)6-5-7-11(3)8-9-14-12(4)13;1-10(2)5-4-6-11(3)7-8-13-9-12/h6,8,13H,7,9-11H2,1-5H3;7,12-13H,6,8-10H2,1-5H3;8,13H,5-7,9-11H2,1-4H3;7,12H,5-6,8-10H2,1-4H3;6,11H,5,7-9H2,1-4H3;5,9,11H,4,6-8H2,1-3H3/b14-6+;;;;;. The zero-order valence-corrected chi connectivity index (χ0v) is 63.7. The van der Waals surface area contributed by atoms with Crippen molar-refractivity contribution in [3.8, 4) is 0 Å². The van der Waals surface area contributed by atoms with Gasteiger partial charge in [0.1, 0.15) is 0 Å². The molecular formula is C79H144O12. The van der Waals surface area contributed by atoms with Crippen LogP contribution in [-0.2, 0) is 57.2 Å². The van der Waals surface area contributed by atoms with E-state index in [1.165, 1.54) is 72.5 Å². The molecule has 532 valence electrons. The maximum atomic E-state index is 11.4. The van der Waals surface area contributed by atoms with E-state index in [4.69, 9.17) is 23.7 Å². The summed E-state index contributed by atoms with van der Waals surface area (Å²) in [6.45, 7) is 55.1. The molecule has 6 unspecified atom stereocenters. The maximum Gasteiger partial charge on any atom is 0.333 e. The normalized spacial score (nSPS) is 12.3. The molecule has 0 saturated heterocycles. The van der Waals surface area contributed by atoms with Gasteiger partial charge in [0.05, 0.1) is 45.6 Å². The first-order valence-corrected chi connectivity index (χ1v) is 35.0. The zero-order chi connectivity index (χ0) is 71.0. The Kier molecular flexibility index (Phi) is 74.0. The molecule has 0 saturated carbocycles. The highest BCUT2D eigenvalue weighted by Gasteiger charge is 2.11. The molecule has 6 atom stereocenters. The lowest BCUT2D eigenvalue weighted by Crippen LogP contribution is -2.13. The van der Waals surface area contributed by atoms with Crippen LogP contribution in [0.1, 0.15) is 308 Å². The second kappa shape index (κ2) is 69.3. The summed E-state index contributed by atoms with van der Waals surface area (Å²) < 4.78 is 30.0. The van der Waals surface area contributed by atoms with Crippen molar-refractivity contribution in [1.29, 1.82) is 0 Å². The van der Waals surface area contributed by atoms with Crippen LogP contribution in [0.4, 0.5) is 0 Å². The lowest BCUT2D eigenvalue weighted by Gasteiger charge is -2.11. The van der Waals surface area contributed by atoms with Gasteiger partial charge in [-0.1, -0.05) is 145 Å². The summed E-state index contributed by atoms with van der Waals surface area (Å²) in [5.41, 5.74) is 8.92. The number of carbonyl (C=O) groups excluding carboxylic acids is 6. The molecule has 0 spiro atoms. The molecule has 0 N–H and O–H groups in total. The third-order valence-electron chi connectivity index (χ3n) is 14.4. The SMILES string of the molecule is C/C=C(\C)C(=O)OCCC(C)CCC=C(C)C.CC(=O)OCCC(C)CCC=C(C)C.CC(C)=CCCC(C)CCOC(=O)C(C)C.CC(C)=CCCC(C)CCOC=O.CCC(=O)OCCC(C)CCC=C(C)C.CCCC(=O)OCCC(C)CCC=C(C)C. The van der Waals surface area contributed by atoms with E-state index in [0.717, 1.165) is 89.9 Å². The van der Waals surface area contributed by atoms with Crippen LogP contribution < -0.4 is 0 Å². The first-order chi connectivity index (χ1) is 42.7. The quantitative estimate of drug-likeness (QED) is 0.0142. The second-order valence-electron chi connectivity index (χ2n) is 26.8. The van der Waals surface area contributed by atoms with Crippen LogP contribution in [0.2, 0.25) is 0 Å². The number of hydrogen-bond donors (Lipinski definition) is 0. The van der Waals surface area contributed by atoms with Crippen LogP contribution >= 0.6 is 0 Å². The van der Waals surface area contributed by atoms with Gasteiger partial charge in [0.2, 0.25) is 0 Å².